The molecule has 150 valence electrons. The number of aromatic amines is 1. The molecule has 0 saturated heterocycles. The van der Waals surface area contributed by atoms with Gasteiger partial charge >= 0.3 is 0 Å². The van der Waals surface area contributed by atoms with Gasteiger partial charge in [0.1, 0.15) is 5.75 Å². The van der Waals surface area contributed by atoms with E-state index in [0.717, 1.165) is 51.1 Å². The lowest BCUT2D eigenvalue weighted by Gasteiger charge is -2.11. The van der Waals surface area contributed by atoms with E-state index in [-0.39, 0.29) is 0 Å². The Morgan fingerprint density at radius 3 is 2.83 bits per heavy atom. The zero-order chi connectivity index (χ0) is 20.1. The van der Waals surface area contributed by atoms with Crippen molar-refractivity contribution in [2.24, 2.45) is 0 Å². The van der Waals surface area contributed by atoms with Crippen LogP contribution in [0.1, 0.15) is 17.7 Å². The number of methoxy groups -OCH3 is 1. The second-order valence-corrected chi connectivity index (χ2v) is 7.66. The van der Waals surface area contributed by atoms with Gasteiger partial charge in [-0.3, -0.25) is 4.98 Å². The molecule has 0 aliphatic heterocycles. The fourth-order valence-electron chi connectivity index (χ4n) is 3.09. The summed E-state index contributed by atoms with van der Waals surface area (Å²) < 4.78 is 13.0. The van der Waals surface area contributed by atoms with E-state index in [1.54, 1.807) is 25.1 Å². The third-order valence-corrected chi connectivity index (χ3v) is 5.59. The molecule has 29 heavy (non-hydrogen) atoms. The van der Waals surface area contributed by atoms with Crippen LogP contribution in [0.5, 0.6) is 5.75 Å². The number of thioether (sulfide) groups is 1. The molecule has 6 nitrogen and oxygen atoms in total. The highest BCUT2D eigenvalue weighted by Crippen LogP contribution is 2.27. The van der Waals surface area contributed by atoms with Crippen LogP contribution in [0.25, 0.3) is 16.7 Å². The van der Waals surface area contributed by atoms with Crippen molar-refractivity contribution in [3.63, 3.8) is 0 Å². The number of imidazole rings is 1. The maximum atomic E-state index is 5.87. The Morgan fingerprint density at radius 2 is 2.00 bits per heavy atom. The zero-order valence-corrected chi connectivity index (χ0v) is 17.4. The number of hydrogen-bond acceptors (Lipinski definition) is 5. The van der Waals surface area contributed by atoms with Crippen molar-refractivity contribution in [1.29, 1.82) is 0 Å². The molecule has 0 spiro atoms. The van der Waals surface area contributed by atoms with E-state index in [2.05, 4.69) is 39.7 Å². The molecule has 4 aromatic rings. The second-order valence-electron chi connectivity index (χ2n) is 6.70. The van der Waals surface area contributed by atoms with Gasteiger partial charge in [-0.1, -0.05) is 11.8 Å². The minimum Gasteiger partial charge on any atom is -0.493 e. The first-order valence-electron chi connectivity index (χ1n) is 9.57. The normalized spacial score (nSPS) is 11.2. The molecule has 0 fully saturated rings. The minimum atomic E-state index is 0.637. The highest BCUT2D eigenvalue weighted by molar-refractivity contribution is 7.98. The molecule has 0 aliphatic rings. The van der Waals surface area contributed by atoms with Crippen LogP contribution in [0.3, 0.4) is 0 Å². The summed E-state index contributed by atoms with van der Waals surface area (Å²) in [6.07, 6.45) is 6.73. The van der Waals surface area contributed by atoms with Crippen molar-refractivity contribution in [3.8, 4) is 11.4 Å². The Kier molecular flexibility index (Phi) is 6.17. The van der Waals surface area contributed by atoms with Crippen molar-refractivity contribution >= 4 is 22.8 Å². The molecule has 3 heterocycles. The molecule has 0 unspecified atom stereocenters. The van der Waals surface area contributed by atoms with Crippen LogP contribution in [0, 0.1) is 6.92 Å². The Labute approximate surface area is 174 Å². The number of hydrogen-bond donors (Lipinski definition) is 1. The van der Waals surface area contributed by atoms with Gasteiger partial charge < -0.3 is 19.0 Å². The molecule has 3 aromatic heterocycles. The summed E-state index contributed by atoms with van der Waals surface area (Å²) in [6, 6.07) is 12.2. The van der Waals surface area contributed by atoms with Crippen molar-refractivity contribution in [1.82, 2.24) is 19.5 Å². The average molecular weight is 409 g/mol. The Morgan fingerprint density at radius 1 is 1.14 bits per heavy atom. The number of nitrogens with one attached hydrogen (secondary N) is 1. The van der Waals surface area contributed by atoms with Gasteiger partial charge in [0, 0.05) is 55.7 Å². The zero-order valence-electron chi connectivity index (χ0n) is 16.6. The van der Waals surface area contributed by atoms with Crippen molar-refractivity contribution in [2.45, 2.75) is 24.3 Å². The monoisotopic (exact) mass is 408 g/mol. The summed E-state index contributed by atoms with van der Waals surface area (Å²) in [5, 5.41) is 0.886. The first-order chi connectivity index (χ1) is 14.2. The Hall–Kier alpha value is -2.77. The summed E-state index contributed by atoms with van der Waals surface area (Å²) in [7, 11) is 1.70. The number of pyridine rings is 1. The number of nitrogens with zero attached hydrogens (tertiary/aromatic N) is 3. The van der Waals surface area contributed by atoms with Gasteiger partial charge in [-0.2, -0.15) is 0 Å². The molecular formula is C22H24N4O2S. The molecule has 0 amide bonds. The molecule has 0 saturated carbocycles. The first kappa shape index (κ1) is 19.5. The third-order valence-electron chi connectivity index (χ3n) is 4.70. The molecule has 0 bridgehead atoms. The van der Waals surface area contributed by atoms with Gasteiger partial charge in [-0.25, -0.2) is 4.98 Å². The Balaban J connectivity index is 1.44. The van der Waals surface area contributed by atoms with E-state index < -0.39 is 0 Å². The maximum absolute atomic E-state index is 5.87. The molecular weight excluding hydrogens is 384 g/mol. The number of rotatable bonds is 9. The number of ether oxygens (including phenoxy) is 2. The molecule has 7 heteroatoms. The van der Waals surface area contributed by atoms with Crippen molar-refractivity contribution in [2.75, 3.05) is 20.3 Å². The lowest BCUT2D eigenvalue weighted by molar-refractivity contribution is 0.172. The van der Waals surface area contributed by atoms with Gasteiger partial charge in [0.05, 0.1) is 23.3 Å². The van der Waals surface area contributed by atoms with Crippen molar-refractivity contribution < 1.29 is 9.47 Å². The number of benzene rings is 1. The van der Waals surface area contributed by atoms with Crippen LogP contribution in [-0.2, 0) is 10.5 Å². The lowest BCUT2D eigenvalue weighted by atomic mass is 10.2. The first-order valence-corrected chi connectivity index (χ1v) is 10.6. The van der Waals surface area contributed by atoms with Crippen LogP contribution in [0.4, 0.5) is 0 Å². The molecule has 1 aromatic carbocycles. The smallest absolute Gasteiger partial charge is 0.166 e. The predicted molar refractivity (Wildman–Crippen MR) is 116 cm³/mol. The van der Waals surface area contributed by atoms with Crippen LogP contribution in [-0.4, -0.2) is 39.8 Å². The molecule has 0 aliphatic carbocycles. The van der Waals surface area contributed by atoms with Crippen LogP contribution in [0.2, 0.25) is 0 Å². The highest BCUT2D eigenvalue weighted by Gasteiger charge is 2.10. The summed E-state index contributed by atoms with van der Waals surface area (Å²) >= 11 is 1.65. The van der Waals surface area contributed by atoms with Gasteiger partial charge in [0.15, 0.2) is 5.16 Å². The van der Waals surface area contributed by atoms with E-state index in [1.807, 2.05) is 30.6 Å². The van der Waals surface area contributed by atoms with Gasteiger partial charge in [0.2, 0.25) is 0 Å². The molecule has 1 N–H and O–H groups in total. The average Bonchev–Trinajstić information content (AvgIpc) is 3.40. The summed E-state index contributed by atoms with van der Waals surface area (Å²) in [5.41, 5.74) is 5.17. The number of fused-ring (bicyclic) bond motifs is 1. The number of H-pyrrole nitrogens is 1. The van der Waals surface area contributed by atoms with Gasteiger partial charge in [-0.15, -0.1) is 0 Å². The highest BCUT2D eigenvalue weighted by atomic mass is 32.2. The van der Waals surface area contributed by atoms with E-state index in [1.165, 1.54) is 0 Å². The summed E-state index contributed by atoms with van der Waals surface area (Å²) in [6.45, 7) is 3.39. The Bertz CT molecular complexity index is 1080. The van der Waals surface area contributed by atoms with Crippen LogP contribution >= 0.6 is 11.8 Å². The third kappa shape index (κ3) is 4.63. The minimum absolute atomic E-state index is 0.637. The fourth-order valence-corrected chi connectivity index (χ4v) is 4.00. The lowest BCUT2D eigenvalue weighted by Crippen LogP contribution is -2.04. The second kappa shape index (κ2) is 9.15. The van der Waals surface area contributed by atoms with E-state index in [0.29, 0.717) is 13.2 Å². The van der Waals surface area contributed by atoms with Crippen LogP contribution < -0.4 is 4.74 Å². The van der Waals surface area contributed by atoms with Crippen LogP contribution in [0.15, 0.2) is 60.1 Å². The summed E-state index contributed by atoms with van der Waals surface area (Å²) in [4.78, 5) is 12.7. The number of aromatic nitrogens is 4. The molecule has 0 radical (unpaired) electrons. The van der Waals surface area contributed by atoms with Gasteiger partial charge in [0.25, 0.3) is 0 Å². The largest absolute Gasteiger partial charge is 0.493 e. The topological polar surface area (TPSA) is 65.0 Å². The molecule has 4 rings (SSSR count). The quantitative estimate of drug-likeness (QED) is 0.319. The maximum Gasteiger partial charge on any atom is 0.166 e. The van der Waals surface area contributed by atoms with Gasteiger partial charge in [-0.05, 0) is 43.3 Å². The SMILES string of the molecule is COCCCOc1ccnc(CSc2nc3cc(-n4cccc4)ccc3[nH]2)c1C. The summed E-state index contributed by atoms with van der Waals surface area (Å²) in [5.74, 6) is 1.61. The van der Waals surface area contributed by atoms with Crippen molar-refractivity contribution in [3.05, 3.63) is 66.2 Å². The molecule has 0 atom stereocenters. The fraction of sp³-hybridized carbons (Fsp3) is 0.273. The standard InChI is InChI=1S/C22H24N4O2S/c1-16-20(23-9-8-21(16)28-13-5-12-27-2)15-29-22-24-18-7-6-17(14-19(18)25-22)26-10-3-4-11-26/h3-4,6-11,14H,5,12-13,15H2,1-2H3,(H,24,25). The van der Waals surface area contributed by atoms with E-state index >= 15 is 0 Å². The van der Waals surface area contributed by atoms with E-state index in [9.17, 15) is 0 Å². The van der Waals surface area contributed by atoms with E-state index in [4.69, 9.17) is 14.5 Å². The predicted octanol–water partition coefficient (Wildman–Crippen LogP) is 4.76.